The molecule has 0 spiro atoms. The second-order valence-electron chi connectivity index (χ2n) is 6.76. The van der Waals surface area contributed by atoms with Crippen LogP contribution in [0.3, 0.4) is 0 Å². The fourth-order valence-corrected chi connectivity index (χ4v) is 2.26. The first-order chi connectivity index (χ1) is 12.3. The lowest BCUT2D eigenvalue weighted by Gasteiger charge is -2.13. The Morgan fingerprint density at radius 1 is 0.923 bits per heavy atom. The molecular weight excluding hydrogens is 328 g/mol. The van der Waals surface area contributed by atoms with E-state index in [4.69, 9.17) is 4.74 Å². The minimum absolute atomic E-state index is 0.0656. The molecule has 0 atom stereocenters. The summed E-state index contributed by atoms with van der Waals surface area (Å²) in [5.74, 6) is 0.237. The van der Waals surface area contributed by atoms with Gasteiger partial charge in [-0.05, 0) is 61.7 Å². The molecule has 2 amide bonds. The van der Waals surface area contributed by atoms with Crippen molar-refractivity contribution in [1.82, 2.24) is 0 Å². The Labute approximate surface area is 154 Å². The van der Waals surface area contributed by atoms with E-state index in [2.05, 4.69) is 10.6 Å². The van der Waals surface area contributed by atoms with Gasteiger partial charge in [-0.25, -0.2) is 0 Å². The fourth-order valence-electron chi connectivity index (χ4n) is 2.26. The summed E-state index contributed by atoms with van der Waals surface area (Å²) in [5, 5.41) is 5.66. The summed E-state index contributed by atoms with van der Waals surface area (Å²) in [6.07, 6.45) is 0. The van der Waals surface area contributed by atoms with Crippen LogP contribution in [0.2, 0.25) is 0 Å². The molecule has 0 aromatic heterocycles. The molecule has 26 heavy (non-hydrogen) atoms. The number of rotatable bonds is 6. The number of hydrogen-bond acceptors (Lipinski definition) is 3. The van der Waals surface area contributed by atoms with E-state index in [-0.39, 0.29) is 24.3 Å². The molecule has 0 aliphatic rings. The van der Waals surface area contributed by atoms with Crippen LogP contribution in [-0.4, -0.2) is 18.4 Å². The number of benzene rings is 2. The quantitative estimate of drug-likeness (QED) is 0.816. The van der Waals surface area contributed by atoms with Crippen LogP contribution in [0.5, 0.6) is 5.75 Å². The fraction of sp³-hybridized carbons (Fsp3) is 0.333. The van der Waals surface area contributed by atoms with Gasteiger partial charge < -0.3 is 15.4 Å². The number of anilines is 2. The summed E-state index contributed by atoms with van der Waals surface area (Å²) in [6.45, 7) is 9.51. The number of hydrogen-bond donors (Lipinski definition) is 2. The van der Waals surface area contributed by atoms with Crippen molar-refractivity contribution in [3.05, 3.63) is 53.1 Å². The van der Waals surface area contributed by atoms with E-state index in [0.717, 1.165) is 11.1 Å². The number of amides is 2. The molecule has 0 radical (unpaired) electrons. The number of nitrogens with one attached hydrogen (secondary N) is 2. The van der Waals surface area contributed by atoms with Crippen molar-refractivity contribution in [1.29, 1.82) is 0 Å². The Morgan fingerprint density at radius 3 is 2.27 bits per heavy atom. The Bertz CT molecular complexity index is 813. The Kier molecular flexibility index (Phi) is 6.39. The highest BCUT2D eigenvalue weighted by Gasteiger charge is 2.10. The normalized spacial score (nSPS) is 10.5. The molecule has 2 aromatic carbocycles. The minimum atomic E-state index is -0.251. The maximum Gasteiger partial charge on any atom is 0.262 e. The van der Waals surface area contributed by atoms with Gasteiger partial charge in [-0.2, -0.15) is 0 Å². The molecular formula is C21H26N2O3. The highest BCUT2D eigenvalue weighted by Crippen LogP contribution is 2.21. The third kappa shape index (κ3) is 5.34. The van der Waals surface area contributed by atoms with Crippen molar-refractivity contribution in [2.24, 2.45) is 5.92 Å². The molecule has 5 heteroatoms. The van der Waals surface area contributed by atoms with Crippen LogP contribution in [0.15, 0.2) is 36.4 Å². The standard InChI is InChI=1S/C21H26N2O3/c1-13(2)21(25)22-17-8-6-15(4)19(11-17)23-20(24)12-26-18-9-7-14(3)16(5)10-18/h6-11,13H,12H2,1-5H3,(H,22,25)(H,23,24). The predicted molar refractivity (Wildman–Crippen MR) is 105 cm³/mol. The summed E-state index contributed by atoms with van der Waals surface area (Å²) in [6, 6.07) is 11.2. The second kappa shape index (κ2) is 8.52. The predicted octanol–water partition coefficient (Wildman–Crippen LogP) is 4.22. The molecule has 5 nitrogen and oxygen atoms in total. The molecule has 138 valence electrons. The average Bonchev–Trinajstić information content (AvgIpc) is 2.58. The van der Waals surface area contributed by atoms with E-state index in [1.54, 1.807) is 6.07 Å². The number of carbonyl (C=O) groups is 2. The highest BCUT2D eigenvalue weighted by atomic mass is 16.5. The van der Waals surface area contributed by atoms with Gasteiger partial charge in [0.2, 0.25) is 5.91 Å². The first-order valence-corrected chi connectivity index (χ1v) is 8.67. The topological polar surface area (TPSA) is 67.4 Å². The van der Waals surface area contributed by atoms with Gasteiger partial charge in [0.15, 0.2) is 6.61 Å². The summed E-state index contributed by atoms with van der Waals surface area (Å²) in [4.78, 5) is 24.0. The zero-order valence-electron chi connectivity index (χ0n) is 16.0. The second-order valence-corrected chi connectivity index (χ2v) is 6.76. The molecule has 0 unspecified atom stereocenters. The molecule has 2 aromatic rings. The molecule has 0 bridgehead atoms. The Hall–Kier alpha value is -2.82. The van der Waals surface area contributed by atoms with Crippen molar-refractivity contribution in [2.75, 3.05) is 17.2 Å². The van der Waals surface area contributed by atoms with Crippen molar-refractivity contribution in [3.63, 3.8) is 0 Å². The van der Waals surface area contributed by atoms with Gasteiger partial charge in [0.05, 0.1) is 0 Å². The lowest BCUT2D eigenvalue weighted by atomic mass is 10.1. The van der Waals surface area contributed by atoms with Crippen molar-refractivity contribution >= 4 is 23.2 Å². The molecule has 0 saturated carbocycles. The molecule has 0 aliphatic heterocycles. The number of carbonyl (C=O) groups excluding carboxylic acids is 2. The van der Waals surface area contributed by atoms with E-state index < -0.39 is 0 Å². The largest absolute Gasteiger partial charge is 0.484 e. The summed E-state index contributed by atoms with van der Waals surface area (Å²) < 4.78 is 5.56. The van der Waals surface area contributed by atoms with Gasteiger partial charge >= 0.3 is 0 Å². The molecule has 0 fully saturated rings. The van der Waals surface area contributed by atoms with Crippen LogP contribution in [-0.2, 0) is 9.59 Å². The smallest absolute Gasteiger partial charge is 0.262 e. The van der Waals surface area contributed by atoms with Crippen LogP contribution < -0.4 is 15.4 Å². The van der Waals surface area contributed by atoms with Crippen molar-refractivity contribution in [2.45, 2.75) is 34.6 Å². The molecule has 0 saturated heterocycles. The lowest BCUT2D eigenvalue weighted by molar-refractivity contribution is -0.119. The monoisotopic (exact) mass is 354 g/mol. The van der Waals surface area contributed by atoms with E-state index >= 15 is 0 Å². The van der Waals surface area contributed by atoms with E-state index in [0.29, 0.717) is 17.1 Å². The third-order valence-electron chi connectivity index (χ3n) is 4.15. The summed E-state index contributed by atoms with van der Waals surface area (Å²) in [7, 11) is 0. The van der Waals surface area contributed by atoms with E-state index in [1.807, 2.05) is 65.0 Å². The molecule has 2 N–H and O–H groups in total. The van der Waals surface area contributed by atoms with E-state index in [1.165, 1.54) is 5.56 Å². The van der Waals surface area contributed by atoms with Crippen LogP contribution in [0.25, 0.3) is 0 Å². The first-order valence-electron chi connectivity index (χ1n) is 8.67. The minimum Gasteiger partial charge on any atom is -0.484 e. The summed E-state index contributed by atoms with van der Waals surface area (Å²) in [5.41, 5.74) is 4.51. The van der Waals surface area contributed by atoms with Gasteiger partial charge in [-0.15, -0.1) is 0 Å². The van der Waals surface area contributed by atoms with Gasteiger partial charge in [0.25, 0.3) is 5.91 Å². The zero-order chi connectivity index (χ0) is 19.3. The Balaban J connectivity index is 1.99. The molecule has 0 aliphatic carbocycles. The maximum absolute atomic E-state index is 12.2. The van der Waals surface area contributed by atoms with Crippen LogP contribution in [0.1, 0.15) is 30.5 Å². The SMILES string of the molecule is Cc1ccc(OCC(=O)Nc2cc(NC(=O)C(C)C)ccc2C)cc1C. The molecule has 2 rings (SSSR count). The number of ether oxygens (including phenoxy) is 1. The maximum atomic E-state index is 12.2. The average molecular weight is 354 g/mol. The van der Waals surface area contributed by atoms with Crippen molar-refractivity contribution in [3.8, 4) is 5.75 Å². The number of aryl methyl sites for hydroxylation is 3. The Morgan fingerprint density at radius 2 is 1.62 bits per heavy atom. The van der Waals surface area contributed by atoms with Crippen molar-refractivity contribution < 1.29 is 14.3 Å². The zero-order valence-corrected chi connectivity index (χ0v) is 16.0. The van der Waals surface area contributed by atoms with Crippen LogP contribution in [0, 0.1) is 26.7 Å². The van der Waals surface area contributed by atoms with Gasteiger partial charge in [-0.3, -0.25) is 9.59 Å². The third-order valence-corrected chi connectivity index (χ3v) is 4.15. The highest BCUT2D eigenvalue weighted by molar-refractivity contribution is 5.95. The summed E-state index contributed by atoms with van der Waals surface area (Å²) >= 11 is 0. The molecule has 0 heterocycles. The first kappa shape index (κ1) is 19.5. The van der Waals surface area contributed by atoms with Gasteiger partial charge in [-0.1, -0.05) is 26.0 Å². The lowest BCUT2D eigenvalue weighted by Crippen LogP contribution is -2.21. The van der Waals surface area contributed by atoms with Crippen LogP contribution in [0.4, 0.5) is 11.4 Å². The van der Waals surface area contributed by atoms with Gasteiger partial charge in [0.1, 0.15) is 5.75 Å². The van der Waals surface area contributed by atoms with Gasteiger partial charge in [0, 0.05) is 17.3 Å². The van der Waals surface area contributed by atoms with Crippen LogP contribution >= 0.6 is 0 Å². The van der Waals surface area contributed by atoms with E-state index in [9.17, 15) is 9.59 Å².